The van der Waals surface area contributed by atoms with E-state index >= 15 is 0 Å². The largest absolute Gasteiger partial charge is 0.219 e. The molecule has 0 atom stereocenters. The molecule has 150 valence electrons. The van der Waals surface area contributed by atoms with E-state index in [9.17, 15) is 16.8 Å². The summed E-state index contributed by atoms with van der Waals surface area (Å²) in [6.45, 7) is 12.2. The van der Waals surface area contributed by atoms with Gasteiger partial charge in [-0.2, -0.15) is 0 Å². The van der Waals surface area contributed by atoms with Crippen molar-refractivity contribution in [2.24, 2.45) is 0 Å². The molecule has 0 unspecified atom stereocenters. The summed E-state index contributed by atoms with van der Waals surface area (Å²) in [6, 6.07) is 3.44. The van der Waals surface area contributed by atoms with Crippen molar-refractivity contribution in [3.63, 3.8) is 0 Å². The number of sulfone groups is 2. The average Bonchev–Trinajstić information content (AvgIpc) is 3.19. The molecule has 0 saturated heterocycles. The normalized spacial score (nSPS) is 19.9. The maximum Gasteiger partial charge on any atom is 0.200 e. The van der Waals surface area contributed by atoms with Crippen LogP contribution in [0.2, 0.25) is 39.3 Å². The minimum atomic E-state index is -3.42. The van der Waals surface area contributed by atoms with E-state index in [1.807, 2.05) is 51.4 Å². The first-order valence-corrected chi connectivity index (χ1v) is 20.5. The van der Waals surface area contributed by atoms with Crippen LogP contribution in [0, 0.1) is 0 Å². The van der Waals surface area contributed by atoms with Crippen molar-refractivity contribution in [3.8, 4) is 9.75 Å². The van der Waals surface area contributed by atoms with Crippen LogP contribution >= 0.6 is 22.7 Å². The van der Waals surface area contributed by atoms with E-state index in [1.165, 1.54) is 22.7 Å². The molecule has 0 spiro atoms. The number of hydrogen-bond donors (Lipinski definition) is 0. The molecule has 0 radical (unpaired) electrons. The van der Waals surface area contributed by atoms with Gasteiger partial charge in [-0.15, -0.1) is 22.7 Å². The van der Waals surface area contributed by atoms with Crippen molar-refractivity contribution in [2.75, 3.05) is 0 Å². The molecule has 4 rings (SSSR count). The topological polar surface area (TPSA) is 68.3 Å². The second kappa shape index (κ2) is 5.89. The molecule has 28 heavy (non-hydrogen) atoms. The molecular weight excluding hydrogens is 465 g/mol. The van der Waals surface area contributed by atoms with Gasteiger partial charge < -0.3 is 0 Å². The monoisotopic (exact) mass is 486 g/mol. The van der Waals surface area contributed by atoms with E-state index in [-0.39, 0.29) is 0 Å². The molecule has 0 bridgehead atoms. The first kappa shape index (κ1) is 20.5. The Morgan fingerprint density at radius 2 is 0.964 bits per heavy atom. The van der Waals surface area contributed by atoms with Gasteiger partial charge in [0.15, 0.2) is 19.7 Å². The highest BCUT2D eigenvalue weighted by atomic mass is 32.2. The first-order valence-electron chi connectivity index (χ1n) is 8.86. The van der Waals surface area contributed by atoms with Crippen LogP contribution in [0.15, 0.2) is 31.0 Å². The minimum Gasteiger partial charge on any atom is -0.219 e. The fraction of sp³-hybridized carbons (Fsp3) is 0.333. The molecule has 0 saturated carbocycles. The van der Waals surface area contributed by atoms with Gasteiger partial charge in [0.1, 0.15) is 0 Å². The number of rotatable bonds is 3. The fourth-order valence-electron chi connectivity index (χ4n) is 3.51. The maximum absolute atomic E-state index is 12.9. The minimum absolute atomic E-state index is 0.375. The molecule has 10 heteroatoms. The van der Waals surface area contributed by atoms with Gasteiger partial charge in [-0.25, -0.2) is 16.8 Å². The standard InChI is InChI=1S/C18H22O4S4Si2/c1-27(2,3)17-9-13-15(25(17,19)20)7-11(23-13)12-8-16-14(24-12)10-18(26(16,21)22)28(4,5)6/h7-10H,1-6H3. The number of fused-ring (bicyclic) bond motifs is 2. The van der Waals surface area contributed by atoms with Crippen molar-refractivity contribution < 1.29 is 16.8 Å². The quantitative estimate of drug-likeness (QED) is 0.538. The molecule has 4 nitrogen and oxygen atoms in total. The molecule has 2 aliphatic rings. The Balaban J connectivity index is 1.81. The Kier molecular flexibility index (Phi) is 4.31. The van der Waals surface area contributed by atoms with Gasteiger partial charge in [0.05, 0.1) is 25.9 Å². The molecule has 2 aromatic heterocycles. The van der Waals surface area contributed by atoms with Crippen LogP contribution in [-0.4, -0.2) is 33.0 Å². The second-order valence-corrected chi connectivity index (χ2v) is 25.9. The lowest BCUT2D eigenvalue weighted by atomic mass is 10.3. The molecular formula is C18H22O4S4Si2. The van der Waals surface area contributed by atoms with Crippen LogP contribution in [0.4, 0.5) is 0 Å². The fourth-order valence-corrected chi connectivity index (χ4v) is 17.5. The molecule has 0 amide bonds. The van der Waals surface area contributed by atoms with Crippen LogP contribution < -0.4 is 0 Å². The summed E-state index contributed by atoms with van der Waals surface area (Å²) >= 11 is 2.86. The van der Waals surface area contributed by atoms with E-state index in [2.05, 4.69) is 0 Å². The van der Waals surface area contributed by atoms with E-state index in [4.69, 9.17) is 0 Å². The SMILES string of the molecule is C[Si](C)(C)C1=Cc2sc(-c3cc4c(s3)C=C([Si](C)(C)C)S4(=O)=O)cc2S1(=O)=O. The third-order valence-corrected chi connectivity index (χ3v) is 19.2. The van der Waals surface area contributed by atoms with Gasteiger partial charge in [0, 0.05) is 28.6 Å². The van der Waals surface area contributed by atoms with Crippen molar-refractivity contribution in [2.45, 2.75) is 49.1 Å². The summed E-state index contributed by atoms with van der Waals surface area (Å²) in [4.78, 5) is 3.91. The van der Waals surface area contributed by atoms with Crippen LogP contribution in [-0.2, 0) is 19.7 Å². The lowest BCUT2D eigenvalue weighted by Crippen LogP contribution is -2.27. The molecule has 2 aromatic rings. The summed E-state index contributed by atoms with van der Waals surface area (Å²) in [5, 5.41) is 0. The summed E-state index contributed by atoms with van der Waals surface area (Å²) < 4.78 is 52.9. The average molecular weight is 487 g/mol. The molecule has 2 aliphatic heterocycles. The second-order valence-electron chi connectivity index (χ2n) is 9.20. The summed E-state index contributed by atoms with van der Waals surface area (Å²) in [5.41, 5.74) is 0. The zero-order valence-electron chi connectivity index (χ0n) is 16.6. The Bertz CT molecular complexity index is 1190. The van der Waals surface area contributed by atoms with Crippen molar-refractivity contribution >= 4 is 70.6 Å². The van der Waals surface area contributed by atoms with Gasteiger partial charge in [0.25, 0.3) is 0 Å². The molecule has 0 aromatic carbocycles. The van der Waals surface area contributed by atoms with Gasteiger partial charge in [-0.3, -0.25) is 0 Å². The highest BCUT2D eigenvalue weighted by Crippen LogP contribution is 2.49. The smallest absolute Gasteiger partial charge is 0.200 e. The van der Waals surface area contributed by atoms with E-state index in [0.29, 0.717) is 18.8 Å². The molecule has 0 aliphatic carbocycles. The Hall–Kier alpha value is -0.786. The first-order chi connectivity index (χ1) is 12.6. The lowest BCUT2D eigenvalue weighted by Gasteiger charge is -2.17. The highest BCUT2D eigenvalue weighted by molar-refractivity contribution is 7.99. The van der Waals surface area contributed by atoms with Crippen LogP contribution in [0.1, 0.15) is 9.75 Å². The Morgan fingerprint density at radius 1 is 0.643 bits per heavy atom. The summed E-state index contributed by atoms with van der Waals surface area (Å²) in [7, 11) is -10.8. The maximum atomic E-state index is 12.9. The van der Waals surface area contributed by atoms with Crippen LogP contribution in [0.25, 0.3) is 21.9 Å². The Labute approximate surface area is 176 Å². The zero-order chi connectivity index (χ0) is 20.9. The third-order valence-electron chi connectivity index (χ3n) is 4.85. The van der Waals surface area contributed by atoms with Gasteiger partial charge in [0.2, 0.25) is 0 Å². The summed E-state index contributed by atoms with van der Waals surface area (Å²) in [5.74, 6) is 0. The number of hydrogen-bond acceptors (Lipinski definition) is 6. The van der Waals surface area contributed by atoms with Crippen molar-refractivity contribution in [3.05, 3.63) is 30.9 Å². The molecule has 0 fully saturated rings. The highest BCUT2D eigenvalue weighted by Gasteiger charge is 2.41. The van der Waals surface area contributed by atoms with Gasteiger partial charge in [-0.05, 0) is 24.3 Å². The predicted octanol–water partition coefficient (Wildman–Crippen LogP) is 5.49. The van der Waals surface area contributed by atoms with Gasteiger partial charge in [-0.1, -0.05) is 39.3 Å². The summed E-state index contributed by atoms with van der Waals surface area (Å²) in [6.07, 6.45) is 3.65. The van der Waals surface area contributed by atoms with E-state index < -0.39 is 35.8 Å². The lowest BCUT2D eigenvalue weighted by molar-refractivity contribution is 0.603. The van der Waals surface area contributed by atoms with Crippen LogP contribution in [0.3, 0.4) is 0 Å². The molecule has 0 N–H and O–H groups in total. The Morgan fingerprint density at radius 3 is 1.21 bits per heavy atom. The number of thiophene rings is 2. The predicted molar refractivity (Wildman–Crippen MR) is 125 cm³/mol. The molecule has 4 heterocycles. The van der Waals surface area contributed by atoms with Crippen LogP contribution in [0.5, 0.6) is 0 Å². The van der Waals surface area contributed by atoms with E-state index in [0.717, 1.165) is 19.5 Å². The van der Waals surface area contributed by atoms with E-state index in [1.54, 1.807) is 12.1 Å². The zero-order valence-corrected chi connectivity index (χ0v) is 21.8. The third kappa shape index (κ3) is 2.91. The van der Waals surface area contributed by atoms with Gasteiger partial charge >= 0.3 is 0 Å². The van der Waals surface area contributed by atoms with Crippen molar-refractivity contribution in [1.29, 1.82) is 0 Å². The van der Waals surface area contributed by atoms with Crippen molar-refractivity contribution in [1.82, 2.24) is 0 Å².